The van der Waals surface area contributed by atoms with E-state index in [0.29, 0.717) is 0 Å². The minimum absolute atomic E-state index is 0.405. The van der Waals surface area contributed by atoms with Crippen molar-refractivity contribution in [3.8, 4) is 0 Å². The molecule has 2 aromatic rings. The molecule has 0 aromatic heterocycles. The van der Waals surface area contributed by atoms with Gasteiger partial charge in [0.2, 0.25) is 0 Å². The fourth-order valence-corrected chi connectivity index (χ4v) is 3.05. The van der Waals surface area contributed by atoms with Crippen LogP contribution in [0.5, 0.6) is 0 Å². The van der Waals surface area contributed by atoms with E-state index in [1.54, 1.807) is 0 Å². The van der Waals surface area contributed by atoms with Gasteiger partial charge in [0.25, 0.3) is 0 Å². The zero-order valence-electron chi connectivity index (χ0n) is 12.7. The number of aliphatic hydroxyl groups is 1. The highest BCUT2D eigenvalue weighted by Gasteiger charge is 2.16. The van der Waals surface area contributed by atoms with Gasteiger partial charge in [0.15, 0.2) is 0 Å². The first-order valence-corrected chi connectivity index (χ1v) is 7.80. The first-order chi connectivity index (χ1) is 10.2. The molecule has 1 atom stereocenters. The SMILES string of the molecule is CN1CCCN(CC(O)c2ccc3ccccc3c2)CC1. The van der Waals surface area contributed by atoms with Crippen LogP contribution in [0.2, 0.25) is 0 Å². The summed E-state index contributed by atoms with van der Waals surface area (Å²) in [6, 6.07) is 14.6. The van der Waals surface area contributed by atoms with Crippen molar-refractivity contribution in [1.82, 2.24) is 9.80 Å². The van der Waals surface area contributed by atoms with E-state index >= 15 is 0 Å². The second-order valence-corrected chi connectivity index (χ2v) is 6.08. The fourth-order valence-electron chi connectivity index (χ4n) is 3.05. The van der Waals surface area contributed by atoms with E-state index in [0.717, 1.165) is 38.3 Å². The maximum absolute atomic E-state index is 10.5. The van der Waals surface area contributed by atoms with Crippen LogP contribution in [-0.4, -0.2) is 54.7 Å². The maximum Gasteiger partial charge on any atom is 0.0917 e. The zero-order chi connectivity index (χ0) is 14.7. The van der Waals surface area contributed by atoms with Crippen LogP contribution in [-0.2, 0) is 0 Å². The van der Waals surface area contributed by atoms with Gasteiger partial charge < -0.3 is 10.0 Å². The summed E-state index contributed by atoms with van der Waals surface area (Å²) in [5.41, 5.74) is 1.02. The summed E-state index contributed by atoms with van der Waals surface area (Å²) in [5.74, 6) is 0. The number of rotatable bonds is 3. The Hall–Kier alpha value is -1.42. The number of hydrogen-bond acceptors (Lipinski definition) is 3. The molecule has 3 nitrogen and oxygen atoms in total. The molecule has 1 aliphatic rings. The molecule has 0 bridgehead atoms. The lowest BCUT2D eigenvalue weighted by Gasteiger charge is -2.23. The fraction of sp³-hybridized carbons (Fsp3) is 0.444. The highest BCUT2D eigenvalue weighted by atomic mass is 16.3. The largest absolute Gasteiger partial charge is 0.387 e. The Morgan fingerprint density at radius 3 is 2.67 bits per heavy atom. The van der Waals surface area contributed by atoms with Gasteiger partial charge >= 0.3 is 0 Å². The lowest BCUT2D eigenvalue weighted by molar-refractivity contribution is 0.115. The lowest BCUT2D eigenvalue weighted by Crippen LogP contribution is -2.32. The Bertz CT molecular complexity index is 599. The van der Waals surface area contributed by atoms with Crippen LogP contribution >= 0.6 is 0 Å². The molecule has 3 rings (SSSR count). The molecule has 1 heterocycles. The highest BCUT2D eigenvalue weighted by molar-refractivity contribution is 5.83. The third-order valence-electron chi connectivity index (χ3n) is 4.40. The van der Waals surface area contributed by atoms with Gasteiger partial charge in [0.05, 0.1) is 6.10 Å². The predicted molar refractivity (Wildman–Crippen MR) is 87.5 cm³/mol. The lowest BCUT2D eigenvalue weighted by atomic mass is 10.0. The number of likely N-dealkylation sites (N-methyl/N-ethyl adjacent to an activating group) is 1. The Morgan fingerprint density at radius 1 is 1.00 bits per heavy atom. The number of nitrogens with zero attached hydrogens (tertiary/aromatic N) is 2. The molecule has 1 N–H and O–H groups in total. The van der Waals surface area contributed by atoms with E-state index in [2.05, 4.69) is 47.2 Å². The predicted octanol–water partition coefficient (Wildman–Crippen LogP) is 2.51. The molecule has 2 aromatic carbocycles. The Kier molecular flexibility index (Phi) is 4.54. The third kappa shape index (κ3) is 3.62. The summed E-state index contributed by atoms with van der Waals surface area (Å²) in [5, 5.41) is 13.0. The van der Waals surface area contributed by atoms with Crippen LogP contribution in [0, 0.1) is 0 Å². The zero-order valence-corrected chi connectivity index (χ0v) is 12.7. The molecular weight excluding hydrogens is 260 g/mol. The van der Waals surface area contributed by atoms with Crippen LogP contribution in [0.1, 0.15) is 18.1 Å². The Labute approximate surface area is 126 Å². The van der Waals surface area contributed by atoms with Crippen LogP contribution in [0.3, 0.4) is 0 Å². The van der Waals surface area contributed by atoms with Crippen molar-refractivity contribution in [3.05, 3.63) is 48.0 Å². The van der Waals surface area contributed by atoms with Crippen molar-refractivity contribution in [3.63, 3.8) is 0 Å². The van der Waals surface area contributed by atoms with Crippen LogP contribution < -0.4 is 0 Å². The molecule has 3 heteroatoms. The normalized spacial score (nSPS) is 19.5. The summed E-state index contributed by atoms with van der Waals surface area (Å²) in [7, 11) is 2.17. The van der Waals surface area contributed by atoms with Crippen LogP contribution in [0.4, 0.5) is 0 Å². The molecule has 0 spiro atoms. The minimum Gasteiger partial charge on any atom is -0.387 e. The summed E-state index contributed by atoms with van der Waals surface area (Å²) in [6.07, 6.45) is 0.777. The van der Waals surface area contributed by atoms with E-state index in [9.17, 15) is 5.11 Å². The molecule has 0 saturated carbocycles. The third-order valence-corrected chi connectivity index (χ3v) is 4.40. The van der Waals surface area contributed by atoms with Crippen molar-refractivity contribution >= 4 is 10.8 Å². The topological polar surface area (TPSA) is 26.7 Å². The van der Waals surface area contributed by atoms with Crippen molar-refractivity contribution in [1.29, 1.82) is 0 Å². The van der Waals surface area contributed by atoms with Gasteiger partial charge in [-0.3, -0.25) is 4.90 Å². The first-order valence-electron chi connectivity index (χ1n) is 7.80. The molecule has 112 valence electrons. The summed E-state index contributed by atoms with van der Waals surface area (Å²) < 4.78 is 0. The van der Waals surface area contributed by atoms with Crippen molar-refractivity contribution in [2.24, 2.45) is 0 Å². The molecule has 1 fully saturated rings. The second kappa shape index (κ2) is 6.56. The molecule has 1 unspecified atom stereocenters. The monoisotopic (exact) mass is 284 g/mol. The maximum atomic E-state index is 10.5. The number of hydrogen-bond donors (Lipinski definition) is 1. The minimum atomic E-state index is -0.405. The summed E-state index contributed by atoms with van der Waals surface area (Å²) >= 11 is 0. The number of benzene rings is 2. The Morgan fingerprint density at radius 2 is 1.81 bits per heavy atom. The average Bonchev–Trinajstić information content (AvgIpc) is 2.71. The van der Waals surface area contributed by atoms with Gasteiger partial charge in [-0.05, 0) is 49.0 Å². The molecule has 1 saturated heterocycles. The molecule has 0 amide bonds. The Balaban J connectivity index is 1.69. The van der Waals surface area contributed by atoms with Crippen LogP contribution in [0.25, 0.3) is 10.8 Å². The van der Waals surface area contributed by atoms with Gasteiger partial charge in [0.1, 0.15) is 0 Å². The molecule has 0 aliphatic carbocycles. The van der Waals surface area contributed by atoms with Crippen LogP contribution in [0.15, 0.2) is 42.5 Å². The first kappa shape index (κ1) is 14.5. The average molecular weight is 284 g/mol. The highest BCUT2D eigenvalue weighted by Crippen LogP contribution is 2.21. The van der Waals surface area contributed by atoms with E-state index in [1.807, 2.05) is 12.1 Å². The molecule has 21 heavy (non-hydrogen) atoms. The van der Waals surface area contributed by atoms with E-state index < -0.39 is 6.10 Å². The summed E-state index contributed by atoms with van der Waals surface area (Å²) in [4.78, 5) is 4.74. The smallest absolute Gasteiger partial charge is 0.0917 e. The molecule has 0 radical (unpaired) electrons. The van der Waals surface area contributed by atoms with Crippen molar-refractivity contribution in [2.45, 2.75) is 12.5 Å². The number of fused-ring (bicyclic) bond motifs is 1. The summed E-state index contributed by atoms with van der Waals surface area (Å²) in [6.45, 7) is 5.09. The van der Waals surface area contributed by atoms with Gasteiger partial charge in [-0.25, -0.2) is 0 Å². The van der Waals surface area contributed by atoms with Gasteiger partial charge in [-0.15, -0.1) is 0 Å². The van der Waals surface area contributed by atoms with Gasteiger partial charge in [-0.1, -0.05) is 36.4 Å². The number of aliphatic hydroxyl groups excluding tert-OH is 1. The number of β-amino-alcohol motifs (C(OH)–C–C–N with tert-alkyl or cyclic N) is 1. The standard InChI is InChI=1S/C18H24N2O/c1-19-9-4-10-20(12-11-19)14-18(21)17-8-7-15-5-2-3-6-16(15)13-17/h2-3,5-8,13,18,21H,4,9-12,14H2,1H3. The van der Waals surface area contributed by atoms with E-state index in [4.69, 9.17) is 0 Å². The second-order valence-electron chi connectivity index (χ2n) is 6.08. The van der Waals surface area contributed by atoms with Gasteiger partial charge in [0, 0.05) is 19.6 Å². The van der Waals surface area contributed by atoms with E-state index in [1.165, 1.54) is 17.2 Å². The van der Waals surface area contributed by atoms with Crippen molar-refractivity contribution < 1.29 is 5.11 Å². The quantitative estimate of drug-likeness (QED) is 0.938. The van der Waals surface area contributed by atoms with Gasteiger partial charge in [-0.2, -0.15) is 0 Å². The molecule has 1 aliphatic heterocycles. The van der Waals surface area contributed by atoms with Crippen molar-refractivity contribution in [2.75, 3.05) is 39.8 Å². The van der Waals surface area contributed by atoms with E-state index in [-0.39, 0.29) is 0 Å². The molecular formula is C18H24N2O.